The number of rotatable bonds is 2. The summed E-state index contributed by atoms with van der Waals surface area (Å²) in [4.78, 5) is 21.5. The summed E-state index contributed by atoms with van der Waals surface area (Å²) < 4.78 is 0. The molecular formula is C13H12O4. The second kappa shape index (κ2) is 4.41. The standard InChI is InChI=1S/C13H12O4/c14-12(15)7-9-3-1-2-8-6-10(13(16)17)4-5-11(8)9/h4-7H,1-3H2,(H,14,15)(H,16,17). The molecule has 0 amide bonds. The van der Waals surface area contributed by atoms with Crippen LogP contribution >= 0.6 is 0 Å². The summed E-state index contributed by atoms with van der Waals surface area (Å²) in [6.07, 6.45) is 3.59. The molecule has 2 rings (SSSR count). The SMILES string of the molecule is O=C(O)C=C1CCCc2cc(C(=O)O)ccc21. The highest BCUT2D eigenvalue weighted by atomic mass is 16.4. The van der Waals surface area contributed by atoms with Gasteiger partial charge in [-0.05, 0) is 48.1 Å². The Morgan fingerprint density at radius 3 is 2.59 bits per heavy atom. The summed E-state index contributed by atoms with van der Waals surface area (Å²) in [7, 11) is 0. The van der Waals surface area contributed by atoms with Crippen LogP contribution in [-0.2, 0) is 11.2 Å². The molecule has 0 fully saturated rings. The van der Waals surface area contributed by atoms with Crippen molar-refractivity contribution in [2.75, 3.05) is 0 Å². The summed E-state index contributed by atoms with van der Waals surface area (Å²) in [6, 6.07) is 4.85. The molecule has 0 atom stereocenters. The average Bonchev–Trinajstić information content (AvgIpc) is 2.28. The van der Waals surface area contributed by atoms with E-state index in [4.69, 9.17) is 10.2 Å². The number of hydrogen-bond acceptors (Lipinski definition) is 2. The smallest absolute Gasteiger partial charge is 0.335 e. The van der Waals surface area contributed by atoms with E-state index in [1.807, 2.05) is 0 Å². The van der Waals surface area contributed by atoms with Gasteiger partial charge in [0, 0.05) is 6.08 Å². The summed E-state index contributed by atoms with van der Waals surface area (Å²) in [6.45, 7) is 0. The Balaban J connectivity index is 2.47. The van der Waals surface area contributed by atoms with Gasteiger partial charge in [-0.15, -0.1) is 0 Å². The van der Waals surface area contributed by atoms with Crippen LogP contribution in [0.4, 0.5) is 0 Å². The molecule has 0 heterocycles. The topological polar surface area (TPSA) is 74.6 Å². The van der Waals surface area contributed by atoms with Crippen LogP contribution < -0.4 is 0 Å². The van der Waals surface area contributed by atoms with E-state index in [0.29, 0.717) is 0 Å². The number of aromatic carboxylic acids is 1. The molecule has 1 aliphatic rings. The first-order valence-electron chi connectivity index (χ1n) is 5.38. The van der Waals surface area contributed by atoms with Gasteiger partial charge in [-0.1, -0.05) is 6.07 Å². The summed E-state index contributed by atoms with van der Waals surface area (Å²) in [5, 5.41) is 17.7. The first-order valence-corrected chi connectivity index (χ1v) is 5.38. The Kier molecular flexibility index (Phi) is 2.95. The summed E-state index contributed by atoms with van der Waals surface area (Å²) in [5.41, 5.74) is 2.81. The largest absolute Gasteiger partial charge is 0.478 e. The number of fused-ring (bicyclic) bond motifs is 1. The van der Waals surface area contributed by atoms with E-state index in [0.717, 1.165) is 36.0 Å². The molecule has 2 N–H and O–H groups in total. The van der Waals surface area contributed by atoms with Crippen molar-refractivity contribution in [2.24, 2.45) is 0 Å². The molecule has 1 aromatic carbocycles. The highest BCUT2D eigenvalue weighted by Gasteiger charge is 2.16. The average molecular weight is 232 g/mol. The second-order valence-electron chi connectivity index (χ2n) is 4.04. The lowest BCUT2D eigenvalue weighted by molar-refractivity contribution is -0.131. The van der Waals surface area contributed by atoms with Crippen molar-refractivity contribution in [1.29, 1.82) is 0 Å². The lowest BCUT2D eigenvalue weighted by Crippen LogP contribution is -2.06. The Bertz CT molecular complexity index is 514. The van der Waals surface area contributed by atoms with Crippen LogP contribution in [0.2, 0.25) is 0 Å². The Morgan fingerprint density at radius 1 is 1.18 bits per heavy atom. The lowest BCUT2D eigenvalue weighted by atomic mass is 9.86. The summed E-state index contributed by atoms with van der Waals surface area (Å²) in [5.74, 6) is -1.92. The summed E-state index contributed by atoms with van der Waals surface area (Å²) >= 11 is 0. The second-order valence-corrected chi connectivity index (χ2v) is 4.04. The maximum Gasteiger partial charge on any atom is 0.335 e. The van der Waals surface area contributed by atoms with Crippen molar-refractivity contribution in [3.63, 3.8) is 0 Å². The molecule has 0 saturated carbocycles. The molecule has 0 aliphatic heterocycles. The Hall–Kier alpha value is -2.10. The lowest BCUT2D eigenvalue weighted by Gasteiger charge is -2.18. The van der Waals surface area contributed by atoms with Crippen LogP contribution in [0.15, 0.2) is 24.3 Å². The van der Waals surface area contributed by atoms with E-state index in [9.17, 15) is 9.59 Å². The van der Waals surface area contributed by atoms with Gasteiger partial charge in [0.05, 0.1) is 5.56 Å². The highest BCUT2D eigenvalue weighted by Crippen LogP contribution is 2.31. The van der Waals surface area contributed by atoms with Gasteiger partial charge in [0.1, 0.15) is 0 Å². The molecule has 4 heteroatoms. The van der Waals surface area contributed by atoms with Crippen LogP contribution in [0.5, 0.6) is 0 Å². The Morgan fingerprint density at radius 2 is 1.94 bits per heavy atom. The normalized spacial score (nSPS) is 16.6. The molecule has 4 nitrogen and oxygen atoms in total. The van der Waals surface area contributed by atoms with E-state index in [1.54, 1.807) is 12.1 Å². The maximum absolute atomic E-state index is 10.8. The number of allylic oxidation sites excluding steroid dienone is 1. The zero-order chi connectivity index (χ0) is 12.4. The third kappa shape index (κ3) is 2.36. The fourth-order valence-electron chi connectivity index (χ4n) is 2.15. The number of benzene rings is 1. The highest BCUT2D eigenvalue weighted by molar-refractivity contribution is 5.92. The van der Waals surface area contributed by atoms with Crippen molar-refractivity contribution in [2.45, 2.75) is 19.3 Å². The van der Waals surface area contributed by atoms with Gasteiger partial charge in [-0.25, -0.2) is 9.59 Å². The minimum Gasteiger partial charge on any atom is -0.478 e. The third-order valence-electron chi connectivity index (χ3n) is 2.89. The van der Waals surface area contributed by atoms with Gasteiger partial charge < -0.3 is 10.2 Å². The van der Waals surface area contributed by atoms with Gasteiger partial charge in [-0.3, -0.25) is 0 Å². The van der Waals surface area contributed by atoms with E-state index >= 15 is 0 Å². The van der Waals surface area contributed by atoms with Gasteiger partial charge in [0.2, 0.25) is 0 Å². The molecule has 0 bridgehead atoms. The van der Waals surface area contributed by atoms with Crippen molar-refractivity contribution in [3.8, 4) is 0 Å². The Labute approximate surface area is 98.2 Å². The zero-order valence-electron chi connectivity index (χ0n) is 9.14. The van der Waals surface area contributed by atoms with Gasteiger partial charge in [-0.2, -0.15) is 0 Å². The van der Waals surface area contributed by atoms with Gasteiger partial charge in [0.15, 0.2) is 0 Å². The maximum atomic E-state index is 10.8. The number of aryl methyl sites for hydroxylation is 1. The van der Waals surface area contributed by atoms with Crippen LogP contribution in [0.3, 0.4) is 0 Å². The first-order chi connectivity index (χ1) is 8.08. The van der Waals surface area contributed by atoms with E-state index in [-0.39, 0.29) is 5.56 Å². The monoisotopic (exact) mass is 232 g/mol. The molecule has 0 unspecified atom stereocenters. The quantitative estimate of drug-likeness (QED) is 0.766. The van der Waals surface area contributed by atoms with Gasteiger partial charge in [0.25, 0.3) is 0 Å². The van der Waals surface area contributed by atoms with Crippen LogP contribution in [0.1, 0.15) is 34.3 Å². The number of aliphatic carboxylic acids is 1. The van der Waals surface area contributed by atoms with Crippen LogP contribution in [0, 0.1) is 0 Å². The van der Waals surface area contributed by atoms with E-state index in [1.165, 1.54) is 12.1 Å². The minimum atomic E-state index is -0.963. The third-order valence-corrected chi connectivity index (χ3v) is 2.89. The van der Waals surface area contributed by atoms with Crippen LogP contribution in [0.25, 0.3) is 5.57 Å². The van der Waals surface area contributed by atoms with Crippen molar-refractivity contribution < 1.29 is 19.8 Å². The molecule has 1 aromatic rings. The molecule has 0 saturated heterocycles. The number of carbonyl (C=O) groups is 2. The molecule has 0 radical (unpaired) electrons. The van der Waals surface area contributed by atoms with Crippen molar-refractivity contribution in [3.05, 3.63) is 41.0 Å². The molecule has 0 aromatic heterocycles. The van der Waals surface area contributed by atoms with Crippen molar-refractivity contribution in [1.82, 2.24) is 0 Å². The molecule has 0 spiro atoms. The molecule has 17 heavy (non-hydrogen) atoms. The number of carboxylic acids is 2. The zero-order valence-corrected chi connectivity index (χ0v) is 9.14. The van der Waals surface area contributed by atoms with E-state index in [2.05, 4.69) is 0 Å². The fourth-order valence-corrected chi connectivity index (χ4v) is 2.15. The number of hydrogen-bond donors (Lipinski definition) is 2. The minimum absolute atomic E-state index is 0.250. The molecule has 88 valence electrons. The van der Waals surface area contributed by atoms with E-state index < -0.39 is 11.9 Å². The van der Waals surface area contributed by atoms with Gasteiger partial charge >= 0.3 is 11.9 Å². The number of carboxylic acid groups (broad SMARTS) is 2. The molecule has 1 aliphatic carbocycles. The molecular weight excluding hydrogens is 220 g/mol. The fraction of sp³-hybridized carbons (Fsp3) is 0.231. The van der Waals surface area contributed by atoms with Crippen molar-refractivity contribution >= 4 is 17.5 Å². The predicted octanol–water partition coefficient (Wildman–Crippen LogP) is 2.19. The van der Waals surface area contributed by atoms with Crippen LogP contribution in [-0.4, -0.2) is 22.2 Å². The predicted molar refractivity (Wildman–Crippen MR) is 62.0 cm³/mol. The first kappa shape index (κ1) is 11.4.